The summed E-state index contributed by atoms with van der Waals surface area (Å²) in [4.78, 5) is 11.4. The first kappa shape index (κ1) is 12.6. The van der Waals surface area contributed by atoms with Crippen LogP contribution in [0.25, 0.3) is 0 Å². The van der Waals surface area contributed by atoms with Gasteiger partial charge >= 0.3 is 5.97 Å². The highest BCUT2D eigenvalue weighted by molar-refractivity contribution is 5.90. The maximum atomic E-state index is 11.4. The van der Waals surface area contributed by atoms with Gasteiger partial charge < -0.3 is 9.47 Å². The number of hydrogen-bond donors (Lipinski definition) is 0. The second kappa shape index (κ2) is 5.54. The summed E-state index contributed by atoms with van der Waals surface area (Å²) >= 11 is 0. The Morgan fingerprint density at radius 2 is 1.81 bits per heavy atom. The predicted octanol–water partition coefficient (Wildman–Crippen LogP) is 2.88. The number of methoxy groups -OCH3 is 1. The second-order valence-electron chi connectivity index (χ2n) is 3.78. The fourth-order valence-electron chi connectivity index (χ4n) is 1.62. The molecule has 88 valence electrons. The maximum absolute atomic E-state index is 11.4. The standard InChI is InChI=1S/C13H18O3/c1-5-6-16-12-9(2)7-11(8-10(12)3)13(14)15-4/h7-8H,5-6H2,1-4H3. The molecule has 0 saturated carbocycles. The van der Waals surface area contributed by atoms with E-state index in [9.17, 15) is 4.79 Å². The van der Waals surface area contributed by atoms with Gasteiger partial charge in [-0.3, -0.25) is 0 Å². The van der Waals surface area contributed by atoms with Crippen molar-refractivity contribution in [1.29, 1.82) is 0 Å². The molecular weight excluding hydrogens is 204 g/mol. The van der Waals surface area contributed by atoms with Crippen molar-refractivity contribution >= 4 is 5.97 Å². The Balaban J connectivity index is 3.02. The Kier molecular flexibility index (Phi) is 4.35. The fourth-order valence-corrected chi connectivity index (χ4v) is 1.62. The summed E-state index contributed by atoms with van der Waals surface area (Å²) in [5, 5.41) is 0. The van der Waals surface area contributed by atoms with E-state index in [-0.39, 0.29) is 5.97 Å². The van der Waals surface area contributed by atoms with Crippen LogP contribution in [-0.2, 0) is 4.74 Å². The van der Waals surface area contributed by atoms with Crippen LogP contribution in [0, 0.1) is 13.8 Å². The second-order valence-corrected chi connectivity index (χ2v) is 3.78. The van der Waals surface area contributed by atoms with E-state index in [1.54, 1.807) is 12.1 Å². The van der Waals surface area contributed by atoms with Gasteiger partial charge in [0, 0.05) is 0 Å². The summed E-state index contributed by atoms with van der Waals surface area (Å²) in [5.74, 6) is 0.558. The van der Waals surface area contributed by atoms with E-state index in [4.69, 9.17) is 4.74 Å². The molecule has 1 aromatic rings. The molecule has 0 atom stereocenters. The van der Waals surface area contributed by atoms with E-state index in [1.807, 2.05) is 13.8 Å². The lowest BCUT2D eigenvalue weighted by Gasteiger charge is -2.12. The number of hydrogen-bond acceptors (Lipinski definition) is 3. The van der Waals surface area contributed by atoms with E-state index >= 15 is 0 Å². The Morgan fingerprint density at radius 1 is 1.25 bits per heavy atom. The molecule has 1 aromatic carbocycles. The molecule has 0 heterocycles. The van der Waals surface area contributed by atoms with Crippen molar-refractivity contribution in [3.63, 3.8) is 0 Å². The van der Waals surface area contributed by atoms with Crippen molar-refractivity contribution in [1.82, 2.24) is 0 Å². The highest BCUT2D eigenvalue weighted by atomic mass is 16.5. The molecule has 3 nitrogen and oxygen atoms in total. The number of esters is 1. The van der Waals surface area contributed by atoms with E-state index in [0.29, 0.717) is 12.2 Å². The van der Waals surface area contributed by atoms with Crippen molar-refractivity contribution in [3.05, 3.63) is 28.8 Å². The Morgan fingerprint density at radius 3 is 2.25 bits per heavy atom. The highest BCUT2D eigenvalue weighted by Gasteiger charge is 2.11. The quantitative estimate of drug-likeness (QED) is 0.735. The summed E-state index contributed by atoms with van der Waals surface area (Å²) in [7, 11) is 1.38. The van der Waals surface area contributed by atoms with Crippen LogP contribution in [0.15, 0.2) is 12.1 Å². The maximum Gasteiger partial charge on any atom is 0.337 e. The molecule has 0 saturated heterocycles. The van der Waals surface area contributed by atoms with Crippen molar-refractivity contribution < 1.29 is 14.3 Å². The first-order chi connectivity index (χ1) is 7.60. The van der Waals surface area contributed by atoms with Gasteiger partial charge in [-0.05, 0) is 43.5 Å². The van der Waals surface area contributed by atoms with Crippen LogP contribution < -0.4 is 4.74 Å². The van der Waals surface area contributed by atoms with Gasteiger partial charge in [-0.15, -0.1) is 0 Å². The molecule has 16 heavy (non-hydrogen) atoms. The van der Waals surface area contributed by atoms with Gasteiger partial charge in [0.15, 0.2) is 0 Å². The molecule has 0 N–H and O–H groups in total. The Hall–Kier alpha value is -1.51. The minimum absolute atomic E-state index is 0.312. The molecule has 0 bridgehead atoms. The third-order valence-corrected chi connectivity index (χ3v) is 2.33. The van der Waals surface area contributed by atoms with Crippen LogP contribution in [0.1, 0.15) is 34.8 Å². The van der Waals surface area contributed by atoms with Crippen LogP contribution in [-0.4, -0.2) is 19.7 Å². The predicted molar refractivity (Wildman–Crippen MR) is 63.0 cm³/mol. The van der Waals surface area contributed by atoms with Gasteiger partial charge in [-0.25, -0.2) is 4.79 Å². The molecule has 1 rings (SSSR count). The van der Waals surface area contributed by atoms with Gasteiger partial charge in [-0.2, -0.15) is 0 Å². The number of benzene rings is 1. The van der Waals surface area contributed by atoms with Gasteiger partial charge in [0.1, 0.15) is 5.75 Å². The van der Waals surface area contributed by atoms with Gasteiger partial charge in [0.05, 0.1) is 19.3 Å². The molecule has 0 aromatic heterocycles. The van der Waals surface area contributed by atoms with Crippen molar-refractivity contribution in [2.45, 2.75) is 27.2 Å². The zero-order valence-electron chi connectivity index (χ0n) is 10.3. The summed E-state index contributed by atoms with van der Waals surface area (Å²) in [5.41, 5.74) is 2.50. The summed E-state index contributed by atoms with van der Waals surface area (Å²) in [6, 6.07) is 3.59. The summed E-state index contributed by atoms with van der Waals surface area (Å²) in [6.45, 7) is 6.63. The molecule has 0 fully saturated rings. The number of aryl methyl sites for hydroxylation is 2. The average molecular weight is 222 g/mol. The third-order valence-electron chi connectivity index (χ3n) is 2.33. The number of ether oxygens (including phenoxy) is 2. The van der Waals surface area contributed by atoms with Crippen LogP contribution >= 0.6 is 0 Å². The molecule has 0 aliphatic carbocycles. The van der Waals surface area contributed by atoms with E-state index in [2.05, 4.69) is 11.7 Å². The minimum Gasteiger partial charge on any atom is -0.493 e. The molecule has 0 aliphatic rings. The van der Waals surface area contributed by atoms with Gasteiger partial charge in [-0.1, -0.05) is 6.92 Å². The van der Waals surface area contributed by atoms with Crippen molar-refractivity contribution in [2.24, 2.45) is 0 Å². The van der Waals surface area contributed by atoms with Gasteiger partial charge in [0.25, 0.3) is 0 Å². The fraction of sp³-hybridized carbons (Fsp3) is 0.462. The summed E-state index contributed by atoms with van der Waals surface area (Å²) in [6.07, 6.45) is 0.970. The Labute approximate surface area is 96.4 Å². The largest absolute Gasteiger partial charge is 0.493 e. The molecule has 0 spiro atoms. The smallest absolute Gasteiger partial charge is 0.337 e. The van der Waals surface area contributed by atoms with Crippen LogP contribution in [0.5, 0.6) is 5.75 Å². The zero-order chi connectivity index (χ0) is 12.1. The first-order valence-corrected chi connectivity index (χ1v) is 5.42. The van der Waals surface area contributed by atoms with Crippen molar-refractivity contribution in [3.8, 4) is 5.75 Å². The zero-order valence-corrected chi connectivity index (χ0v) is 10.3. The van der Waals surface area contributed by atoms with Crippen LogP contribution in [0.3, 0.4) is 0 Å². The lowest BCUT2D eigenvalue weighted by Crippen LogP contribution is -2.05. The first-order valence-electron chi connectivity index (χ1n) is 5.42. The van der Waals surface area contributed by atoms with E-state index in [1.165, 1.54) is 7.11 Å². The van der Waals surface area contributed by atoms with E-state index in [0.717, 1.165) is 23.3 Å². The minimum atomic E-state index is -0.312. The van der Waals surface area contributed by atoms with E-state index < -0.39 is 0 Å². The highest BCUT2D eigenvalue weighted by Crippen LogP contribution is 2.25. The molecule has 0 radical (unpaired) electrons. The number of carbonyl (C=O) groups is 1. The molecule has 0 unspecified atom stereocenters. The lowest BCUT2D eigenvalue weighted by atomic mass is 10.1. The monoisotopic (exact) mass is 222 g/mol. The normalized spacial score (nSPS) is 10.0. The van der Waals surface area contributed by atoms with Crippen LogP contribution in [0.2, 0.25) is 0 Å². The molecular formula is C13H18O3. The number of rotatable bonds is 4. The summed E-state index contributed by atoms with van der Waals surface area (Å²) < 4.78 is 10.3. The Bertz CT molecular complexity index is 360. The van der Waals surface area contributed by atoms with Crippen molar-refractivity contribution in [2.75, 3.05) is 13.7 Å². The molecule has 0 amide bonds. The number of carbonyl (C=O) groups excluding carboxylic acids is 1. The average Bonchev–Trinajstić information content (AvgIpc) is 2.26. The van der Waals surface area contributed by atoms with Crippen LogP contribution in [0.4, 0.5) is 0 Å². The third kappa shape index (κ3) is 2.75. The molecule has 3 heteroatoms. The van der Waals surface area contributed by atoms with Gasteiger partial charge in [0.2, 0.25) is 0 Å². The molecule has 0 aliphatic heterocycles. The lowest BCUT2D eigenvalue weighted by molar-refractivity contribution is 0.0600. The SMILES string of the molecule is CCCOc1c(C)cc(C(=O)OC)cc1C. The topological polar surface area (TPSA) is 35.5 Å².